The molecular formula is C26H17FN2O5S. The van der Waals surface area contributed by atoms with Gasteiger partial charge in [-0.25, -0.2) is 9.37 Å². The maximum Gasteiger partial charge on any atom is 0.297 e. The van der Waals surface area contributed by atoms with E-state index in [2.05, 4.69) is 4.98 Å². The van der Waals surface area contributed by atoms with Gasteiger partial charge in [0.05, 0.1) is 33.8 Å². The Morgan fingerprint density at radius 3 is 2.80 bits per heavy atom. The summed E-state index contributed by atoms with van der Waals surface area (Å²) in [5.74, 6) is -0.855. The standard InChI is InChI=1S/C26H17FN2O5S/c1-2-33-19-11-13(7-10-17(19)30)22-21-23(31)15-5-3-4-6-18(15)34-24(21)25(32)29(22)26-28-16-9-8-14(27)12-20(16)35-26/h3-12,22,30H,2H2,1H3/t22-/m0/s1. The Bertz CT molecular complexity index is 1710. The molecule has 9 heteroatoms. The quantitative estimate of drug-likeness (QED) is 0.364. The maximum absolute atomic E-state index is 13.8. The second kappa shape index (κ2) is 7.92. The summed E-state index contributed by atoms with van der Waals surface area (Å²) >= 11 is 1.14. The van der Waals surface area contributed by atoms with Gasteiger partial charge in [0.15, 0.2) is 22.1 Å². The number of para-hydroxylation sites is 1. The Kier molecular flexibility index (Phi) is 4.82. The first-order valence-corrected chi connectivity index (χ1v) is 11.7. The molecule has 7 nitrogen and oxygen atoms in total. The van der Waals surface area contributed by atoms with E-state index in [0.717, 1.165) is 11.3 Å². The van der Waals surface area contributed by atoms with Gasteiger partial charge in [-0.3, -0.25) is 14.5 Å². The van der Waals surface area contributed by atoms with Crippen LogP contribution in [-0.4, -0.2) is 22.6 Å². The van der Waals surface area contributed by atoms with Crippen molar-refractivity contribution in [2.45, 2.75) is 13.0 Å². The number of phenols is 1. The number of carbonyl (C=O) groups is 1. The lowest BCUT2D eigenvalue weighted by molar-refractivity contribution is 0.0971. The van der Waals surface area contributed by atoms with E-state index in [1.807, 2.05) is 0 Å². The van der Waals surface area contributed by atoms with Gasteiger partial charge in [0, 0.05) is 0 Å². The number of fused-ring (bicyclic) bond motifs is 3. The lowest BCUT2D eigenvalue weighted by Crippen LogP contribution is -2.29. The normalized spacial score (nSPS) is 15.2. The minimum Gasteiger partial charge on any atom is -0.504 e. The van der Waals surface area contributed by atoms with Crippen molar-refractivity contribution < 1.29 is 23.4 Å². The third kappa shape index (κ3) is 3.27. The van der Waals surface area contributed by atoms with Gasteiger partial charge in [0.2, 0.25) is 5.76 Å². The van der Waals surface area contributed by atoms with Gasteiger partial charge in [0.25, 0.3) is 5.91 Å². The van der Waals surface area contributed by atoms with Crippen molar-refractivity contribution in [3.63, 3.8) is 0 Å². The molecule has 1 aliphatic heterocycles. The summed E-state index contributed by atoms with van der Waals surface area (Å²) in [6.07, 6.45) is 0. The molecule has 1 amide bonds. The van der Waals surface area contributed by atoms with Crippen molar-refractivity contribution in [1.82, 2.24) is 4.98 Å². The number of phenolic OH excluding ortho intramolecular Hbond substituents is 1. The molecule has 0 bridgehead atoms. The minimum absolute atomic E-state index is 0.0623. The van der Waals surface area contributed by atoms with E-state index in [4.69, 9.17) is 9.15 Å². The highest BCUT2D eigenvalue weighted by atomic mass is 32.1. The van der Waals surface area contributed by atoms with Crippen LogP contribution >= 0.6 is 11.3 Å². The Labute approximate surface area is 201 Å². The van der Waals surface area contributed by atoms with Crippen LogP contribution in [0.4, 0.5) is 9.52 Å². The van der Waals surface area contributed by atoms with Crippen LogP contribution in [0.3, 0.4) is 0 Å². The SMILES string of the molecule is CCOc1cc([C@H]2c3c(oc4ccccc4c3=O)C(=O)N2c2nc3ccc(F)cc3s2)ccc1O. The molecule has 0 aliphatic carbocycles. The highest BCUT2D eigenvalue weighted by molar-refractivity contribution is 7.22. The Morgan fingerprint density at radius 1 is 1.14 bits per heavy atom. The first kappa shape index (κ1) is 21.3. The zero-order valence-corrected chi connectivity index (χ0v) is 19.1. The topological polar surface area (TPSA) is 92.9 Å². The van der Waals surface area contributed by atoms with Crippen molar-refractivity contribution in [2.75, 3.05) is 11.5 Å². The number of carbonyl (C=O) groups excluding carboxylic acids is 1. The summed E-state index contributed by atoms with van der Waals surface area (Å²) in [7, 11) is 0. The Balaban J connectivity index is 1.63. The van der Waals surface area contributed by atoms with E-state index in [1.54, 1.807) is 49.4 Å². The molecule has 1 N–H and O–H groups in total. The van der Waals surface area contributed by atoms with Crippen molar-refractivity contribution in [1.29, 1.82) is 0 Å². The molecule has 2 aromatic heterocycles. The van der Waals surface area contributed by atoms with Gasteiger partial charge in [-0.1, -0.05) is 29.5 Å². The van der Waals surface area contributed by atoms with Gasteiger partial charge in [-0.05, 0) is 55.0 Å². The number of anilines is 1. The summed E-state index contributed by atoms with van der Waals surface area (Å²) < 4.78 is 25.9. The number of thiazole rings is 1. The van der Waals surface area contributed by atoms with Crippen molar-refractivity contribution in [2.24, 2.45) is 0 Å². The molecule has 0 unspecified atom stereocenters. The van der Waals surface area contributed by atoms with Crippen LogP contribution in [0.15, 0.2) is 69.9 Å². The number of rotatable bonds is 4. The number of hydrogen-bond donors (Lipinski definition) is 1. The molecule has 0 spiro atoms. The number of nitrogens with zero attached hydrogens (tertiary/aromatic N) is 2. The molecule has 0 saturated carbocycles. The predicted molar refractivity (Wildman–Crippen MR) is 130 cm³/mol. The molecule has 1 aliphatic rings. The fourth-order valence-corrected chi connectivity index (χ4v) is 5.41. The van der Waals surface area contributed by atoms with Crippen LogP contribution in [0, 0.1) is 5.82 Å². The summed E-state index contributed by atoms with van der Waals surface area (Å²) in [6, 6.07) is 14.7. The fourth-order valence-electron chi connectivity index (χ4n) is 4.39. The summed E-state index contributed by atoms with van der Waals surface area (Å²) in [5, 5.41) is 10.9. The molecule has 174 valence electrons. The van der Waals surface area contributed by atoms with Crippen LogP contribution in [0.1, 0.15) is 34.6 Å². The van der Waals surface area contributed by atoms with Crippen LogP contribution < -0.4 is 15.1 Å². The Hall–Kier alpha value is -4.24. The second-order valence-electron chi connectivity index (χ2n) is 8.02. The van der Waals surface area contributed by atoms with Gasteiger partial charge in [-0.2, -0.15) is 0 Å². The largest absolute Gasteiger partial charge is 0.504 e. The zero-order valence-electron chi connectivity index (χ0n) is 18.3. The van der Waals surface area contributed by atoms with Crippen molar-refractivity contribution in [3.05, 3.63) is 93.6 Å². The minimum atomic E-state index is -0.886. The first-order chi connectivity index (χ1) is 17.0. The number of amides is 1. The fraction of sp³-hybridized carbons (Fsp3) is 0.115. The molecular weight excluding hydrogens is 471 g/mol. The van der Waals surface area contributed by atoms with E-state index in [0.29, 0.717) is 38.5 Å². The average molecular weight is 488 g/mol. The monoisotopic (exact) mass is 488 g/mol. The zero-order chi connectivity index (χ0) is 24.3. The first-order valence-electron chi connectivity index (χ1n) is 10.9. The van der Waals surface area contributed by atoms with Crippen LogP contribution in [0.5, 0.6) is 11.5 Å². The van der Waals surface area contributed by atoms with Crippen molar-refractivity contribution >= 4 is 43.6 Å². The highest BCUT2D eigenvalue weighted by Crippen LogP contribution is 2.45. The Morgan fingerprint density at radius 2 is 1.97 bits per heavy atom. The average Bonchev–Trinajstić information content (AvgIpc) is 3.39. The van der Waals surface area contributed by atoms with E-state index < -0.39 is 17.8 Å². The van der Waals surface area contributed by atoms with E-state index in [1.165, 1.54) is 23.1 Å². The highest BCUT2D eigenvalue weighted by Gasteiger charge is 2.45. The van der Waals surface area contributed by atoms with E-state index in [9.17, 15) is 19.1 Å². The third-order valence-electron chi connectivity index (χ3n) is 5.92. The van der Waals surface area contributed by atoms with Crippen LogP contribution in [-0.2, 0) is 0 Å². The number of aromatic hydroxyl groups is 1. The van der Waals surface area contributed by atoms with Crippen LogP contribution in [0.2, 0.25) is 0 Å². The molecule has 1 atom stereocenters. The molecule has 35 heavy (non-hydrogen) atoms. The molecule has 0 saturated heterocycles. The second-order valence-corrected chi connectivity index (χ2v) is 9.03. The maximum atomic E-state index is 13.8. The third-order valence-corrected chi connectivity index (χ3v) is 6.94. The number of benzene rings is 3. The number of ether oxygens (including phenoxy) is 1. The number of aromatic nitrogens is 1. The molecule has 0 fully saturated rings. The molecule has 3 aromatic carbocycles. The number of halogens is 1. The smallest absolute Gasteiger partial charge is 0.297 e. The molecule has 5 aromatic rings. The molecule has 3 heterocycles. The van der Waals surface area contributed by atoms with E-state index >= 15 is 0 Å². The van der Waals surface area contributed by atoms with E-state index in [-0.39, 0.29) is 28.3 Å². The summed E-state index contributed by atoms with van der Waals surface area (Å²) in [5.41, 5.74) is 1.20. The van der Waals surface area contributed by atoms with Gasteiger partial charge >= 0.3 is 0 Å². The predicted octanol–water partition coefficient (Wildman–Crippen LogP) is 5.40. The van der Waals surface area contributed by atoms with Gasteiger partial charge < -0.3 is 14.3 Å². The summed E-state index contributed by atoms with van der Waals surface area (Å²) in [6.45, 7) is 2.10. The number of hydrogen-bond acceptors (Lipinski definition) is 7. The molecule has 6 rings (SSSR count). The van der Waals surface area contributed by atoms with Crippen LogP contribution in [0.25, 0.3) is 21.2 Å². The van der Waals surface area contributed by atoms with Gasteiger partial charge in [0.1, 0.15) is 11.4 Å². The molecule has 0 radical (unpaired) electrons. The summed E-state index contributed by atoms with van der Waals surface area (Å²) in [4.78, 5) is 33.3. The lowest BCUT2D eigenvalue weighted by atomic mass is 9.98. The van der Waals surface area contributed by atoms with Gasteiger partial charge in [-0.15, -0.1) is 0 Å². The lowest BCUT2D eigenvalue weighted by Gasteiger charge is -2.23. The van der Waals surface area contributed by atoms with Crippen molar-refractivity contribution in [3.8, 4) is 11.5 Å².